The Labute approximate surface area is 244 Å². The monoisotopic (exact) mass is 567 g/mol. The predicted octanol–water partition coefficient (Wildman–Crippen LogP) is 6.23. The van der Waals surface area contributed by atoms with E-state index in [9.17, 15) is 19.7 Å². The molecule has 3 aromatic carbocycles. The molecule has 1 amide bonds. The zero-order valence-electron chi connectivity index (χ0n) is 24.2. The summed E-state index contributed by atoms with van der Waals surface area (Å²) in [4.78, 5) is 39.2. The van der Waals surface area contributed by atoms with Crippen LogP contribution in [-0.2, 0) is 9.59 Å². The van der Waals surface area contributed by atoms with Gasteiger partial charge in [0.2, 0.25) is 0 Å². The number of aryl methyl sites for hydroxylation is 2. The molecule has 2 N–H and O–H groups in total. The van der Waals surface area contributed by atoms with E-state index in [1.54, 1.807) is 40.2 Å². The maximum Gasteiger partial charge on any atom is 0.272 e. The number of nitro groups is 1. The summed E-state index contributed by atoms with van der Waals surface area (Å²) in [5.74, 6) is -0.224. The molecule has 216 valence electrons. The summed E-state index contributed by atoms with van der Waals surface area (Å²) >= 11 is 0. The maximum atomic E-state index is 14.0. The maximum absolute atomic E-state index is 14.0. The first-order chi connectivity index (χ1) is 20.1. The first kappa shape index (κ1) is 28.6. The highest BCUT2D eigenvalue weighted by Crippen LogP contribution is 2.47. The van der Waals surface area contributed by atoms with Crippen molar-refractivity contribution in [3.63, 3.8) is 0 Å². The average molecular weight is 568 g/mol. The quantitative estimate of drug-likeness (QED) is 0.257. The molecule has 42 heavy (non-hydrogen) atoms. The number of dihydropyridines is 1. The number of carbonyl (C=O) groups is 2. The number of ether oxygens (including phenoxy) is 2. The number of amides is 1. The minimum absolute atomic E-state index is 0.0596. The van der Waals surface area contributed by atoms with E-state index in [0.29, 0.717) is 57.3 Å². The molecular weight excluding hydrogens is 534 g/mol. The van der Waals surface area contributed by atoms with Crippen LogP contribution in [0.15, 0.2) is 83.2 Å². The van der Waals surface area contributed by atoms with Crippen LogP contribution in [0, 0.1) is 24.0 Å². The summed E-state index contributed by atoms with van der Waals surface area (Å²) < 4.78 is 10.9. The van der Waals surface area contributed by atoms with Gasteiger partial charge >= 0.3 is 0 Å². The second-order valence-corrected chi connectivity index (χ2v) is 10.8. The Morgan fingerprint density at radius 1 is 0.929 bits per heavy atom. The third-order valence-electron chi connectivity index (χ3n) is 8.02. The van der Waals surface area contributed by atoms with Gasteiger partial charge in [-0.15, -0.1) is 0 Å². The van der Waals surface area contributed by atoms with Crippen LogP contribution < -0.4 is 20.1 Å². The van der Waals surface area contributed by atoms with Crippen LogP contribution in [0.3, 0.4) is 0 Å². The lowest BCUT2D eigenvalue weighted by atomic mass is 9.71. The van der Waals surface area contributed by atoms with Gasteiger partial charge in [0.05, 0.1) is 19.1 Å². The van der Waals surface area contributed by atoms with Gasteiger partial charge in [0.15, 0.2) is 17.3 Å². The molecule has 2 atom stereocenters. The fourth-order valence-electron chi connectivity index (χ4n) is 5.85. The van der Waals surface area contributed by atoms with Gasteiger partial charge in [0, 0.05) is 52.2 Å². The lowest BCUT2D eigenvalue weighted by molar-refractivity contribution is -0.385. The number of ketones is 1. The van der Waals surface area contributed by atoms with Crippen LogP contribution >= 0.6 is 0 Å². The zero-order chi connectivity index (χ0) is 30.1. The lowest BCUT2D eigenvalue weighted by Crippen LogP contribution is -2.37. The molecule has 0 unspecified atom stereocenters. The molecular formula is C33H33N3O6. The fraction of sp³-hybridized carbons (Fsp3) is 0.273. The van der Waals surface area contributed by atoms with Crippen molar-refractivity contribution in [2.75, 3.05) is 19.5 Å². The summed E-state index contributed by atoms with van der Waals surface area (Å²) in [6.45, 7) is 5.43. The number of methoxy groups -OCH3 is 2. The van der Waals surface area contributed by atoms with E-state index in [-0.39, 0.29) is 29.7 Å². The Kier molecular flexibility index (Phi) is 7.85. The van der Waals surface area contributed by atoms with E-state index in [4.69, 9.17) is 9.47 Å². The Bertz CT molecular complexity index is 1650. The van der Waals surface area contributed by atoms with E-state index in [1.165, 1.54) is 6.07 Å². The molecule has 2 aliphatic rings. The van der Waals surface area contributed by atoms with Crippen molar-refractivity contribution in [2.24, 2.45) is 0 Å². The number of hydrogen-bond donors (Lipinski definition) is 2. The first-order valence-corrected chi connectivity index (χ1v) is 13.7. The highest BCUT2D eigenvalue weighted by Gasteiger charge is 2.41. The SMILES string of the molecule is COc1ccc([C@@H]2CC(=O)C3=C(C2)NC(C)=C(C(=O)Nc2ccc(C)cc2)[C@@H]3c2ccc(C)c([N+](=O)[O-])c2)cc1OC. The number of allylic oxidation sites excluding steroid dienone is 3. The van der Waals surface area contributed by atoms with E-state index in [2.05, 4.69) is 10.6 Å². The highest BCUT2D eigenvalue weighted by atomic mass is 16.6. The van der Waals surface area contributed by atoms with Crippen molar-refractivity contribution in [2.45, 2.75) is 45.4 Å². The number of nitro benzene ring substituents is 1. The van der Waals surface area contributed by atoms with Gasteiger partial charge in [-0.05, 0) is 68.5 Å². The van der Waals surface area contributed by atoms with Crippen LogP contribution in [0.25, 0.3) is 0 Å². The summed E-state index contributed by atoms with van der Waals surface area (Å²) in [6, 6.07) is 18.0. The van der Waals surface area contributed by atoms with Gasteiger partial charge in [-0.2, -0.15) is 0 Å². The van der Waals surface area contributed by atoms with Gasteiger partial charge in [-0.3, -0.25) is 19.7 Å². The molecule has 0 radical (unpaired) electrons. The molecule has 5 rings (SSSR count). The second-order valence-electron chi connectivity index (χ2n) is 10.8. The second kappa shape index (κ2) is 11.5. The summed E-state index contributed by atoms with van der Waals surface area (Å²) in [7, 11) is 3.14. The van der Waals surface area contributed by atoms with Crippen LogP contribution in [0.1, 0.15) is 53.9 Å². The van der Waals surface area contributed by atoms with Crippen LogP contribution in [0.5, 0.6) is 11.5 Å². The minimum atomic E-state index is -0.773. The topological polar surface area (TPSA) is 120 Å². The number of rotatable bonds is 7. The molecule has 0 fully saturated rings. The molecule has 1 aliphatic heterocycles. The minimum Gasteiger partial charge on any atom is -0.493 e. The van der Waals surface area contributed by atoms with Gasteiger partial charge in [-0.1, -0.05) is 35.9 Å². The molecule has 0 saturated heterocycles. The van der Waals surface area contributed by atoms with Crippen molar-refractivity contribution in [1.29, 1.82) is 0 Å². The standard InChI is InChI=1S/C33H33N3O6/c1-18-6-11-24(12-7-18)35-33(38)30-20(3)34-25-14-23(21-10-13-28(41-4)29(17-21)42-5)16-27(37)32(25)31(30)22-9-8-19(2)26(15-22)36(39)40/h6-13,15,17,23,31,34H,14,16H2,1-5H3,(H,35,38)/t23-,31-/m0/s1. The van der Waals surface area contributed by atoms with Crippen molar-refractivity contribution >= 4 is 23.1 Å². The summed E-state index contributed by atoms with van der Waals surface area (Å²) in [5.41, 5.74) is 5.68. The van der Waals surface area contributed by atoms with Crippen molar-refractivity contribution in [1.82, 2.24) is 5.32 Å². The Morgan fingerprint density at radius 2 is 1.62 bits per heavy atom. The molecule has 3 aromatic rings. The number of benzene rings is 3. The molecule has 9 nitrogen and oxygen atoms in total. The Balaban J connectivity index is 1.59. The fourth-order valence-corrected chi connectivity index (χ4v) is 5.85. The third kappa shape index (κ3) is 5.37. The van der Waals surface area contributed by atoms with E-state index < -0.39 is 10.8 Å². The number of Topliss-reactive ketones (excluding diaryl/α,β-unsaturated/α-hetero) is 1. The Hall–Kier alpha value is -4.92. The van der Waals surface area contributed by atoms with Crippen molar-refractivity contribution in [3.8, 4) is 11.5 Å². The predicted molar refractivity (Wildman–Crippen MR) is 160 cm³/mol. The zero-order valence-corrected chi connectivity index (χ0v) is 24.2. The average Bonchev–Trinajstić information content (AvgIpc) is 2.97. The van der Waals surface area contributed by atoms with Gasteiger partial charge in [0.1, 0.15) is 0 Å². The highest BCUT2D eigenvalue weighted by molar-refractivity contribution is 6.10. The van der Waals surface area contributed by atoms with Crippen molar-refractivity contribution < 1.29 is 24.0 Å². The lowest BCUT2D eigenvalue weighted by Gasteiger charge is -2.37. The van der Waals surface area contributed by atoms with E-state index in [0.717, 1.165) is 11.1 Å². The smallest absolute Gasteiger partial charge is 0.272 e. The molecule has 0 spiro atoms. The molecule has 1 heterocycles. The molecule has 0 bridgehead atoms. The van der Waals surface area contributed by atoms with Gasteiger partial charge in [-0.25, -0.2) is 0 Å². The van der Waals surface area contributed by atoms with E-state index >= 15 is 0 Å². The van der Waals surface area contributed by atoms with E-state index in [1.807, 2.05) is 49.4 Å². The van der Waals surface area contributed by atoms with Gasteiger partial charge < -0.3 is 20.1 Å². The number of carbonyl (C=O) groups excluding carboxylic acids is 2. The number of nitrogens with one attached hydrogen (secondary N) is 2. The van der Waals surface area contributed by atoms with Crippen LogP contribution in [0.4, 0.5) is 11.4 Å². The van der Waals surface area contributed by atoms with Gasteiger partial charge in [0.25, 0.3) is 11.6 Å². The number of nitrogens with zero attached hydrogens (tertiary/aromatic N) is 1. The molecule has 1 aliphatic carbocycles. The third-order valence-corrected chi connectivity index (χ3v) is 8.02. The van der Waals surface area contributed by atoms with Crippen LogP contribution in [-0.4, -0.2) is 30.8 Å². The number of hydrogen-bond acceptors (Lipinski definition) is 7. The molecule has 0 saturated carbocycles. The first-order valence-electron chi connectivity index (χ1n) is 13.7. The normalized spacial score (nSPS) is 18.3. The Morgan fingerprint density at radius 3 is 2.29 bits per heavy atom. The van der Waals surface area contributed by atoms with Crippen LogP contribution in [0.2, 0.25) is 0 Å². The molecule has 0 aromatic heterocycles. The van der Waals surface area contributed by atoms with Crippen molar-refractivity contribution in [3.05, 3.63) is 116 Å². The number of anilines is 1. The largest absolute Gasteiger partial charge is 0.493 e. The molecule has 9 heteroatoms. The summed E-state index contributed by atoms with van der Waals surface area (Å²) in [5, 5.41) is 18.2. The summed E-state index contributed by atoms with van der Waals surface area (Å²) in [6.07, 6.45) is 0.734.